The lowest BCUT2D eigenvalue weighted by atomic mass is 10.2. The van der Waals surface area contributed by atoms with Gasteiger partial charge in [0, 0.05) is 17.6 Å². The quantitative estimate of drug-likeness (QED) is 0.584. The largest absolute Gasteiger partial charge is 0.309 e. The molecule has 0 saturated heterocycles. The summed E-state index contributed by atoms with van der Waals surface area (Å²) in [6.45, 7) is 4.67. The fourth-order valence-corrected chi connectivity index (χ4v) is 4.75. The Hall–Kier alpha value is -0.470. The molecule has 5 nitrogen and oxygen atoms in total. The fourth-order valence-electron chi connectivity index (χ4n) is 2.47. The minimum atomic E-state index is -3.48. The molecule has 0 aliphatic rings. The van der Waals surface area contributed by atoms with Gasteiger partial charge in [-0.25, -0.2) is 8.42 Å². The third-order valence-corrected chi connectivity index (χ3v) is 6.33. The summed E-state index contributed by atoms with van der Waals surface area (Å²) in [5, 5.41) is 0. The lowest BCUT2D eigenvalue weighted by Gasteiger charge is -2.24. The molecule has 0 aromatic heterocycles. The molecule has 0 N–H and O–H groups in total. The molecule has 0 atom stereocenters. The maximum Gasteiger partial charge on any atom is 0.243 e. The molecular formula is C17H30BrN3O2S. The van der Waals surface area contributed by atoms with E-state index in [1.165, 1.54) is 0 Å². The van der Waals surface area contributed by atoms with Crippen molar-refractivity contribution in [3.8, 4) is 0 Å². The van der Waals surface area contributed by atoms with Crippen molar-refractivity contribution in [3.05, 3.63) is 28.2 Å². The maximum absolute atomic E-state index is 13.1. The highest BCUT2D eigenvalue weighted by molar-refractivity contribution is 9.10. The van der Waals surface area contributed by atoms with Gasteiger partial charge in [0.2, 0.25) is 10.0 Å². The Balaban J connectivity index is 2.98. The summed E-state index contributed by atoms with van der Waals surface area (Å²) in [5.41, 5.74) is 0.781. The van der Waals surface area contributed by atoms with Crippen LogP contribution in [-0.4, -0.2) is 76.9 Å². The molecule has 0 aliphatic heterocycles. The topological polar surface area (TPSA) is 43.9 Å². The van der Waals surface area contributed by atoms with Crippen molar-refractivity contribution in [2.24, 2.45) is 0 Å². The van der Waals surface area contributed by atoms with Gasteiger partial charge in [0.15, 0.2) is 0 Å². The predicted octanol–water partition coefficient (Wildman–Crippen LogP) is 2.65. The Labute approximate surface area is 155 Å². The third-order valence-electron chi connectivity index (χ3n) is 3.79. The van der Waals surface area contributed by atoms with Gasteiger partial charge < -0.3 is 9.80 Å². The average Bonchev–Trinajstić information content (AvgIpc) is 2.47. The monoisotopic (exact) mass is 419 g/mol. The van der Waals surface area contributed by atoms with Crippen molar-refractivity contribution in [2.75, 3.05) is 54.4 Å². The van der Waals surface area contributed by atoms with E-state index in [4.69, 9.17) is 0 Å². The van der Waals surface area contributed by atoms with Crippen molar-refractivity contribution in [1.29, 1.82) is 0 Å². The highest BCUT2D eigenvalue weighted by Gasteiger charge is 2.25. The first-order valence-electron chi connectivity index (χ1n) is 8.20. The first-order chi connectivity index (χ1) is 11.1. The second-order valence-corrected chi connectivity index (χ2v) is 9.45. The first kappa shape index (κ1) is 21.6. The Morgan fingerprint density at radius 2 is 1.42 bits per heavy atom. The zero-order valence-electron chi connectivity index (χ0n) is 15.4. The molecule has 0 fully saturated rings. The van der Waals surface area contributed by atoms with Crippen molar-refractivity contribution in [3.63, 3.8) is 0 Å². The van der Waals surface area contributed by atoms with Crippen LogP contribution in [0, 0.1) is 6.92 Å². The molecular weight excluding hydrogens is 390 g/mol. The summed E-state index contributed by atoms with van der Waals surface area (Å²) >= 11 is 3.39. The summed E-state index contributed by atoms with van der Waals surface area (Å²) < 4.78 is 28.7. The third kappa shape index (κ3) is 6.80. The van der Waals surface area contributed by atoms with E-state index in [2.05, 4.69) is 25.7 Å². The van der Waals surface area contributed by atoms with E-state index in [9.17, 15) is 8.42 Å². The smallest absolute Gasteiger partial charge is 0.243 e. The Bertz CT molecular complexity index is 604. The van der Waals surface area contributed by atoms with Crippen LogP contribution in [-0.2, 0) is 10.0 Å². The van der Waals surface area contributed by atoms with E-state index in [1.54, 1.807) is 10.4 Å². The van der Waals surface area contributed by atoms with Gasteiger partial charge in [0.1, 0.15) is 0 Å². The fraction of sp³-hybridized carbons (Fsp3) is 0.647. The van der Waals surface area contributed by atoms with Gasteiger partial charge in [-0.15, -0.1) is 0 Å². The zero-order chi connectivity index (χ0) is 18.3. The van der Waals surface area contributed by atoms with Gasteiger partial charge in [-0.3, -0.25) is 0 Å². The van der Waals surface area contributed by atoms with E-state index in [0.29, 0.717) is 18.0 Å². The molecule has 0 radical (unpaired) electrons. The molecule has 1 aromatic rings. The van der Waals surface area contributed by atoms with Crippen molar-refractivity contribution in [1.82, 2.24) is 14.1 Å². The molecule has 0 unspecified atom stereocenters. The van der Waals surface area contributed by atoms with Crippen LogP contribution in [0.15, 0.2) is 27.6 Å². The highest BCUT2D eigenvalue weighted by atomic mass is 79.9. The van der Waals surface area contributed by atoms with Crippen LogP contribution in [0.1, 0.15) is 18.4 Å². The van der Waals surface area contributed by atoms with Crippen LogP contribution < -0.4 is 0 Å². The second kappa shape index (κ2) is 9.87. The number of sulfonamides is 1. The molecule has 138 valence electrons. The number of halogens is 1. The number of rotatable bonds is 10. The SMILES string of the molecule is Cc1ccc(Br)cc1S(=O)(=O)N(CCCN(C)C)CCCN(C)C. The standard InChI is InChI=1S/C17H30BrN3O2S/c1-15-8-9-16(18)14-17(15)24(22,23)21(12-6-10-19(2)3)13-7-11-20(4)5/h8-9,14H,6-7,10-13H2,1-5H3. The molecule has 0 bridgehead atoms. The van der Waals surface area contributed by atoms with Crippen molar-refractivity contribution < 1.29 is 8.42 Å². The van der Waals surface area contributed by atoms with E-state index < -0.39 is 10.0 Å². The van der Waals surface area contributed by atoms with Crippen LogP contribution in [0.4, 0.5) is 0 Å². The minimum Gasteiger partial charge on any atom is -0.309 e. The van der Waals surface area contributed by atoms with Gasteiger partial charge >= 0.3 is 0 Å². The molecule has 1 aromatic carbocycles. The summed E-state index contributed by atoms with van der Waals surface area (Å²) in [5.74, 6) is 0. The van der Waals surface area contributed by atoms with E-state index in [1.807, 2.05) is 47.2 Å². The summed E-state index contributed by atoms with van der Waals surface area (Å²) in [4.78, 5) is 4.55. The highest BCUT2D eigenvalue weighted by Crippen LogP contribution is 2.24. The number of nitrogens with zero attached hydrogens (tertiary/aromatic N) is 3. The lowest BCUT2D eigenvalue weighted by molar-refractivity contribution is 0.326. The molecule has 0 saturated carbocycles. The van der Waals surface area contributed by atoms with E-state index in [-0.39, 0.29) is 0 Å². The zero-order valence-corrected chi connectivity index (χ0v) is 17.8. The van der Waals surface area contributed by atoms with Crippen LogP contribution in [0.5, 0.6) is 0 Å². The van der Waals surface area contributed by atoms with Crippen LogP contribution in [0.2, 0.25) is 0 Å². The number of aryl methyl sites for hydroxylation is 1. The molecule has 0 heterocycles. The molecule has 7 heteroatoms. The van der Waals surface area contributed by atoms with Gasteiger partial charge in [-0.1, -0.05) is 22.0 Å². The predicted molar refractivity (Wildman–Crippen MR) is 104 cm³/mol. The lowest BCUT2D eigenvalue weighted by Crippen LogP contribution is -2.35. The van der Waals surface area contributed by atoms with E-state index in [0.717, 1.165) is 36.0 Å². The summed E-state index contributed by atoms with van der Waals surface area (Å²) in [6.07, 6.45) is 1.64. The number of hydrogen-bond donors (Lipinski definition) is 0. The number of benzene rings is 1. The molecule has 0 aliphatic carbocycles. The molecule has 0 amide bonds. The van der Waals surface area contributed by atoms with Gasteiger partial charge in [0.05, 0.1) is 4.90 Å². The van der Waals surface area contributed by atoms with Crippen LogP contribution in [0.3, 0.4) is 0 Å². The normalized spacial score (nSPS) is 12.5. The maximum atomic E-state index is 13.1. The average molecular weight is 420 g/mol. The van der Waals surface area contributed by atoms with Crippen LogP contribution in [0.25, 0.3) is 0 Å². The number of hydrogen-bond acceptors (Lipinski definition) is 4. The Kier molecular flexibility index (Phi) is 8.87. The minimum absolute atomic E-state index is 0.395. The molecule has 1 rings (SSSR count). The van der Waals surface area contributed by atoms with Gasteiger partial charge in [-0.05, 0) is 78.7 Å². The summed E-state index contributed by atoms with van der Waals surface area (Å²) in [6, 6.07) is 5.42. The van der Waals surface area contributed by atoms with E-state index >= 15 is 0 Å². The summed E-state index contributed by atoms with van der Waals surface area (Å²) in [7, 11) is 4.53. The van der Waals surface area contributed by atoms with Crippen molar-refractivity contribution in [2.45, 2.75) is 24.7 Å². The van der Waals surface area contributed by atoms with Gasteiger partial charge in [-0.2, -0.15) is 4.31 Å². The second-order valence-electron chi connectivity index (χ2n) is 6.63. The molecule has 0 spiro atoms. The Morgan fingerprint density at radius 3 is 1.88 bits per heavy atom. The van der Waals surface area contributed by atoms with Crippen molar-refractivity contribution >= 4 is 26.0 Å². The Morgan fingerprint density at radius 1 is 0.917 bits per heavy atom. The van der Waals surface area contributed by atoms with Crippen LogP contribution >= 0.6 is 15.9 Å². The first-order valence-corrected chi connectivity index (χ1v) is 10.4. The molecule has 24 heavy (non-hydrogen) atoms. The van der Waals surface area contributed by atoms with Gasteiger partial charge in [0.25, 0.3) is 0 Å².